The normalized spacial score (nSPS) is 15.9. The van der Waals surface area contributed by atoms with Gasteiger partial charge in [0.2, 0.25) is 15.9 Å². The van der Waals surface area contributed by atoms with E-state index in [4.69, 9.17) is 0 Å². The van der Waals surface area contributed by atoms with Crippen LogP contribution in [0.25, 0.3) is 0 Å². The number of carbonyl (C=O) groups excluding carboxylic acids is 1. The van der Waals surface area contributed by atoms with E-state index < -0.39 is 14.9 Å². The van der Waals surface area contributed by atoms with E-state index in [0.717, 1.165) is 12.5 Å². The Balaban J connectivity index is 1.59. The topological polar surface area (TPSA) is 110 Å². The molecule has 1 aliphatic rings. The van der Waals surface area contributed by atoms with E-state index in [1.807, 2.05) is 17.5 Å². The van der Waals surface area contributed by atoms with Gasteiger partial charge in [-0.3, -0.25) is 14.9 Å². The fraction of sp³-hybridized carbons (Fsp3) is 0.421. The van der Waals surface area contributed by atoms with Crippen LogP contribution in [0.2, 0.25) is 0 Å². The van der Waals surface area contributed by atoms with Crippen LogP contribution in [-0.2, 0) is 21.2 Å². The van der Waals surface area contributed by atoms with Crippen LogP contribution in [-0.4, -0.2) is 43.2 Å². The lowest BCUT2D eigenvalue weighted by Gasteiger charge is -2.30. The molecule has 0 bridgehead atoms. The highest BCUT2D eigenvalue weighted by Gasteiger charge is 2.33. The van der Waals surface area contributed by atoms with Gasteiger partial charge in [0.05, 0.1) is 9.82 Å². The van der Waals surface area contributed by atoms with Gasteiger partial charge in [0.1, 0.15) is 0 Å². The summed E-state index contributed by atoms with van der Waals surface area (Å²) < 4.78 is 27.2. The average molecular weight is 438 g/mol. The number of non-ortho nitro benzene ring substituents is 1. The van der Waals surface area contributed by atoms with E-state index in [0.29, 0.717) is 24.9 Å². The summed E-state index contributed by atoms with van der Waals surface area (Å²) in [4.78, 5) is 23.9. The third-order valence-electron chi connectivity index (χ3n) is 5.08. The molecule has 0 atom stereocenters. The summed E-state index contributed by atoms with van der Waals surface area (Å²) in [5.74, 6) is -0.277. The van der Waals surface area contributed by atoms with Crippen molar-refractivity contribution in [3.8, 4) is 0 Å². The van der Waals surface area contributed by atoms with Crippen molar-refractivity contribution in [2.24, 2.45) is 5.92 Å². The first-order chi connectivity index (χ1) is 13.8. The Morgan fingerprint density at radius 1 is 1.31 bits per heavy atom. The number of carbonyl (C=O) groups is 1. The summed E-state index contributed by atoms with van der Waals surface area (Å²) in [6.45, 7) is 2.61. The first-order valence-electron chi connectivity index (χ1n) is 9.34. The first-order valence-corrected chi connectivity index (χ1v) is 11.7. The Bertz CT molecular complexity index is 981. The lowest BCUT2D eigenvalue weighted by atomic mass is 9.97. The van der Waals surface area contributed by atoms with Crippen LogP contribution in [0.15, 0.2) is 40.6 Å². The summed E-state index contributed by atoms with van der Waals surface area (Å²) in [5, 5.41) is 15.9. The van der Waals surface area contributed by atoms with Crippen LogP contribution in [0.5, 0.6) is 0 Å². The van der Waals surface area contributed by atoms with Crippen LogP contribution in [0.4, 0.5) is 5.69 Å². The number of thiophene rings is 1. The molecule has 156 valence electrons. The Morgan fingerprint density at radius 2 is 2.03 bits per heavy atom. The van der Waals surface area contributed by atoms with Crippen molar-refractivity contribution in [2.45, 2.75) is 31.1 Å². The van der Waals surface area contributed by atoms with Gasteiger partial charge in [0.15, 0.2) is 0 Å². The Labute approximate surface area is 173 Å². The Kier molecular flexibility index (Phi) is 6.66. The highest BCUT2D eigenvalue weighted by molar-refractivity contribution is 7.89. The number of hydrogen-bond acceptors (Lipinski definition) is 6. The molecule has 0 aliphatic carbocycles. The lowest BCUT2D eigenvalue weighted by molar-refractivity contribution is -0.385. The SMILES string of the molecule is Cc1ccc([N+](=O)[O-])cc1S(=O)(=O)N1CCC(C(=O)NCCc2cccs2)CC1. The average Bonchev–Trinajstić information content (AvgIpc) is 3.21. The van der Waals surface area contributed by atoms with Crippen molar-refractivity contribution in [1.29, 1.82) is 0 Å². The van der Waals surface area contributed by atoms with Gasteiger partial charge < -0.3 is 5.32 Å². The molecule has 2 heterocycles. The van der Waals surface area contributed by atoms with Crippen molar-refractivity contribution >= 4 is 33.0 Å². The van der Waals surface area contributed by atoms with E-state index >= 15 is 0 Å². The second-order valence-electron chi connectivity index (χ2n) is 7.01. The number of nitrogens with zero attached hydrogens (tertiary/aromatic N) is 2. The third kappa shape index (κ3) is 5.01. The summed E-state index contributed by atoms with van der Waals surface area (Å²) in [5.41, 5.74) is 0.207. The molecule has 1 saturated heterocycles. The molecule has 0 unspecified atom stereocenters. The predicted molar refractivity (Wildman–Crippen MR) is 110 cm³/mol. The molecule has 1 aromatic heterocycles. The van der Waals surface area contributed by atoms with Crippen LogP contribution >= 0.6 is 11.3 Å². The predicted octanol–water partition coefficient (Wildman–Crippen LogP) is 2.72. The maximum absolute atomic E-state index is 13.0. The van der Waals surface area contributed by atoms with Gasteiger partial charge in [-0.25, -0.2) is 8.42 Å². The van der Waals surface area contributed by atoms with Gasteiger partial charge in [-0.05, 0) is 43.2 Å². The number of hydrogen-bond donors (Lipinski definition) is 1. The third-order valence-corrected chi connectivity index (χ3v) is 8.05. The largest absolute Gasteiger partial charge is 0.355 e. The number of rotatable bonds is 7. The van der Waals surface area contributed by atoms with E-state index in [1.54, 1.807) is 18.3 Å². The monoisotopic (exact) mass is 437 g/mol. The van der Waals surface area contributed by atoms with Crippen molar-refractivity contribution in [2.75, 3.05) is 19.6 Å². The molecule has 3 rings (SSSR count). The molecule has 8 nitrogen and oxygen atoms in total. The number of nitro groups is 1. The van der Waals surface area contributed by atoms with Crippen LogP contribution in [0.3, 0.4) is 0 Å². The van der Waals surface area contributed by atoms with Gasteiger partial charge in [0.25, 0.3) is 5.69 Å². The zero-order chi connectivity index (χ0) is 21.0. The number of benzene rings is 1. The van der Waals surface area contributed by atoms with Crippen LogP contribution in [0, 0.1) is 23.0 Å². The molecule has 1 N–H and O–H groups in total. The summed E-state index contributed by atoms with van der Waals surface area (Å²) in [6, 6.07) is 7.84. The highest BCUT2D eigenvalue weighted by Crippen LogP contribution is 2.28. The zero-order valence-corrected chi connectivity index (χ0v) is 17.7. The first kappa shape index (κ1) is 21.4. The summed E-state index contributed by atoms with van der Waals surface area (Å²) in [7, 11) is -3.85. The Hall–Kier alpha value is -2.30. The maximum Gasteiger partial charge on any atom is 0.270 e. The van der Waals surface area contributed by atoms with Gasteiger partial charge in [0, 0.05) is 42.6 Å². The van der Waals surface area contributed by atoms with Crippen molar-refractivity contribution in [3.63, 3.8) is 0 Å². The molecule has 0 spiro atoms. The van der Waals surface area contributed by atoms with E-state index in [2.05, 4.69) is 5.32 Å². The molecule has 1 fully saturated rings. The van der Waals surface area contributed by atoms with Gasteiger partial charge >= 0.3 is 0 Å². The zero-order valence-electron chi connectivity index (χ0n) is 16.0. The van der Waals surface area contributed by atoms with Gasteiger partial charge in [-0.2, -0.15) is 4.31 Å². The van der Waals surface area contributed by atoms with E-state index in [9.17, 15) is 23.3 Å². The minimum absolute atomic E-state index is 0.0504. The van der Waals surface area contributed by atoms with Crippen LogP contribution in [0.1, 0.15) is 23.3 Å². The van der Waals surface area contributed by atoms with Gasteiger partial charge in [-0.15, -0.1) is 11.3 Å². The molecule has 29 heavy (non-hydrogen) atoms. The minimum atomic E-state index is -3.85. The van der Waals surface area contributed by atoms with Crippen molar-refractivity contribution < 1.29 is 18.1 Å². The molecule has 1 aromatic carbocycles. The molecule has 0 radical (unpaired) electrons. The number of nitrogens with one attached hydrogen (secondary N) is 1. The molecule has 10 heteroatoms. The fourth-order valence-electron chi connectivity index (χ4n) is 3.39. The van der Waals surface area contributed by atoms with E-state index in [-0.39, 0.29) is 35.5 Å². The molecular formula is C19H23N3O5S2. The minimum Gasteiger partial charge on any atom is -0.355 e. The Morgan fingerprint density at radius 3 is 2.66 bits per heavy atom. The summed E-state index contributed by atoms with van der Waals surface area (Å²) in [6.07, 6.45) is 1.64. The second kappa shape index (κ2) is 9.02. The highest BCUT2D eigenvalue weighted by atomic mass is 32.2. The lowest BCUT2D eigenvalue weighted by Crippen LogP contribution is -2.43. The molecule has 2 aromatic rings. The standard InChI is InChI=1S/C19H23N3O5S2/c1-14-4-5-16(22(24)25)13-18(14)29(26,27)21-10-7-15(8-11-21)19(23)20-9-6-17-3-2-12-28-17/h2-5,12-13,15H,6-11H2,1H3,(H,20,23). The van der Waals surface area contributed by atoms with E-state index in [1.165, 1.54) is 21.3 Å². The summed E-state index contributed by atoms with van der Waals surface area (Å²) >= 11 is 1.65. The number of nitro benzene ring substituents is 1. The molecule has 0 saturated carbocycles. The quantitative estimate of drug-likeness (QED) is 0.529. The smallest absolute Gasteiger partial charge is 0.270 e. The maximum atomic E-state index is 13.0. The number of piperidine rings is 1. The number of sulfonamides is 1. The van der Waals surface area contributed by atoms with Crippen LogP contribution < -0.4 is 5.32 Å². The van der Waals surface area contributed by atoms with Crippen molar-refractivity contribution in [3.05, 3.63) is 56.3 Å². The number of amides is 1. The van der Waals surface area contributed by atoms with Gasteiger partial charge in [-0.1, -0.05) is 12.1 Å². The molecule has 1 aliphatic heterocycles. The molecular weight excluding hydrogens is 414 g/mol. The second-order valence-corrected chi connectivity index (χ2v) is 9.94. The molecule has 1 amide bonds. The van der Waals surface area contributed by atoms with Crippen molar-refractivity contribution in [1.82, 2.24) is 9.62 Å². The fourth-order valence-corrected chi connectivity index (χ4v) is 5.81. The number of aryl methyl sites for hydroxylation is 1.